The van der Waals surface area contributed by atoms with Gasteiger partial charge in [-0.05, 0) is 38.8 Å². The lowest BCUT2D eigenvalue weighted by Gasteiger charge is -2.09. The molecule has 2 unspecified atom stereocenters. The Morgan fingerprint density at radius 1 is 1.29 bits per heavy atom. The van der Waals surface area contributed by atoms with Crippen LogP contribution >= 0.6 is 0 Å². The molecule has 2 N–H and O–H groups in total. The minimum absolute atomic E-state index is 0.0218. The highest BCUT2D eigenvalue weighted by atomic mass is 32.2. The molecule has 1 aliphatic carbocycles. The topological polar surface area (TPSA) is 97.6 Å². The second kappa shape index (κ2) is 4.82. The van der Waals surface area contributed by atoms with Gasteiger partial charge in [0, 0.05) is 6.04 Å². The highest BCUT2D eigenvalue weighted by molar-refractivity contribution is 7.89. The van der Waals surface area contributed by atoms with Gasteiger partial charge in [0.1, 0.15) is 22.0 Å². The first-order valence-electron chi connectivity index (χ1n) is 6.78. The van der Waals surface area contributed by atoms with Gasteiger partial charge in [-0.2, -0.15) is 0 Å². The third kappa shape index (κ3) is 2.27. The van der Waals surface area contributed by atoms with E-state index in [0.717, 1.165) is 13.1 Å². The quantitative estimate of drug-likeness (QED) is 0.769. The van der Waals surface area contributed by atoms with Crippen LogP contribution in [0, 0.1) is 25.7 Å². The Bertz CT molecular complexity index is 684. The van der Waals surface area contributed by atoms with Crippen molar-refractivity contribution < 1.29 is 22.4 Å². The van der Waals surface area contributed by atoms with Gasteiger partial charge in [0.25, 0.3) is 0 Å². The number of sulfonamides is 1. The van der Waals surface area contributed by atoms with Crippen LogP contribution in [0.5, 0.6) is 0 Å². The van der Waals surface area contributed by atoms with Gasteiger partial charge in [-0.1, -0.05) is 0 Å². The lowest BCUT2D eigenvalue weighted by Crippen LogP contribution is -2.33. The van der Waals surface area contributed by atoms with Crippen LogP contribution in [-0.4, -0.2) is 40.6 Å². The number of fused-ring (bicyclic) bond motifs is 1. The minimum Gasteiger partial charge on any atom is -0.465 e. The summed E-state index contributed by atoms with van der Waals surface area (Å²) in [5.74, 6) is 0.424. The van der Waals surface area contributed by atoms with Gasteiger partial charge in [-0.3, -0.25) is 0 Å². The number of piperidine rings is 1. The molecule has 8 heteroatoms. The number of carbonyl (C=O) groups is 1. The smallest absolute Gasteiger partial charge is 0.342 e. The molecule has 7 nitrogen and oxygen atoms in total. The summed E-state index contributed by atoms with van der Waals surface area (Å²) in [6.07, 6.45) is 0. The number of furan rings is 1. The fraction of sp³-hybridized carbons (Fsp3) is 0.615. The highest BCUT2D eigenvalue weighted by Crippen LogP contribution is 2.43. The molecular formula is C13H18N2O5S. The van der Waals surface area contributed by atoms with E-state index >= 15 is 0 Å². The summed E-state index contributed by atoms with van der Waals surface area (Å²) in [4.78, 5) is 11.7. The second-order valence-corrected chi connectivity index (χ2v) is 7.19. The number of rotatable bonds is 4. The molecule has 1 aromatic heterocycles. The molecule has 1 saturated heterocycles. The van der Waals surface area contributed by atoms with E-state index in [1.165, 1.54) is 14.0 Å². The normalized spacial score (nSPS) is 27.5. The molecule has 0 spiro atoms. The largest absolute Gasteiger partial charge is 0.465 e. The zero-order valence-corrected chi connectivity index (χ0v) is 12.9. The van der Waals surface area contributed by atoms with E-state index in [9.17, 15) is 13.2 Å². The van der Waals surface area contributed by atoms with E-state index in [1.807, 2.05) is 0 Å². The van der Waals surface area contributed by atoms with Gasteiger partial charge >= 0.3 is 5.97 Å². The Morgan fingerprint density at radius 3 is 2.48 bits per heavy atom. The molecule has 0 aromatic carbocycles. The van der Waals surface area contributed by atoms with Crippen molar-refractivity contribution >= 4 is 16.0 Å². The summed E-state index contributed by atoms with van der Waals surface area (Å²) < 4.78 is 37.8. The third-order valence-electron chi connectivity index (χ3n) is 4.25. The number of hydrogen-bond donors (Lipinski definition) is 2. The molecule has 21 heavy (non-hydrogen) atoms. The SMILES string of the molecule is COC(=O)c1c(C)oc(C)c1S(=O)(=O)NC1C2CNCC21. The van der Waals surface area contributed by atoms with E-state index in [2.05, 4.69) is 14.8 Å². The van der Waals surface area contributed by atoms with Crippen molar-refractivity contribution in [1.29, 1.82) is 0 Å². The van der Waals surface area contributed by atoms with Gasteiger partial charge < -0.3 is 14.5 Å². The van der Waals surface area contributed by atoms with Crippen LogP contribution in [-0.2, 0) is 14.8 Å². The van der Waals surface area contributed by atoms with E-state index < -0.39 is 16.0 Å². The molecule has 2 aliphatic rings. The predicted molar refractivity (Wildman–Crippen MR) is 73.5 cm³/mol. The van der Waals surface area contributed by atoms with Gasteiger partial charge in [-0.15, -0.1) is 0 Å². The monoisotopic (exact) mass is 314 g/mol. The molecule has 2 fully saturated rings. The molecule has 1 aromatic rings. The van der Waals surface area contributed by atoms with Crippen LogP contribution in [0.4, 0.5) is 0 Å². The first-order valence-corrected chi connectivity index (χ1v) is 8.26. The summed E-state index contributed by atoms with van der Waals surface area (Å²) in [5.41, 5.74) is -0.0218. The number of hydrogen-bond acceptors (Lipinski definition) is 6. The van der Waals surface area contributed by atoms with Crippen molar-refractivity contribution in [3.05, 3.63) is 17.1 Å². The Hall–Kier alpha value is -1.38. The molecular weight excluding hydrogens is 296 g/mol. The fourth-order valence-corrected chi connectivity index (χ4v) is 4.90. The summed E-state index contributed by atoms with van der Waals surface area (Å²) in [7, 11) is -2.59. The van der Waals surface area contributed by atoms with Crippen molar-refractivity contribution in [2.45, 2.75) is 24.8 Å². The Morgan fingerprint density at radius 2 is 1.90 bits per heavy atom. The summed E-state index contributed by atoms with van der Waals surface area (Å²) in [6.45, 7) is 4.73. The lowest BCUT2D eigenvalue weighted by atomic mass is 10.2. The molecule has 0 radical (unpaired) electrons. The molecule has 3 rings (SSSR count). The predicted octanol–water partition coefficient (Wildman–Crippen LogP) is 0.179. The zero-order valence-electron chi connectivity index (χ0n) is 12.1. The van der Waals surface area contributed by atoms with Gasteiger partial charge in [0.05, 0.1) is 7.11 Å². The molecule has 2 atom stereocenters. The maximum Gasteiger partial charge on any atom is 0.342 e. The molecule has 2 heterocycles. The van der Waals surface area contributed by atoms with E-state index in [4.69, 9.17) is 4.42 Å². The number of esters is 1. The van der Waals surface area contributed by atoms with E-state index in [-0.39, 0.29) is 28.0 Å². The number of aryl methyl sites for hydroxylation is 2. The van der Waals surface area contributed by atoms with Crippen molar-refractivity contribution in [3.63, 3.8) is 0 Å². The fourth-order valence-electron chi connectivity index (χ4n) is 3.16. The second-order valence-electron chi connectivity index (χ2n) is 5.54. The molecule has 0 amide bonds. The van der Waals surface area contributed by atoms with E-state index in [0.29, 0.717) is 11.8 Å². The van der Waals surface area contributed by atoms with Gasteiger partial charge in [0.2, 0.25) is 10.0 Å². The number of ether oxygens (including phenoxy) is 1. The van der Waals surface area contributed by atoms with E-state index in [1.54, 1.807) is 6.92 Å². The van der Waals surface area contributed by atoms with Crippen LogP contribution in [0.1, 0.15) is 21.9 Å². The molecule has 0 bridgehead atoms. The first-order chi connectivity index (χ1) is 9.86. The van der Waals surface area contributed by atoms with Crippen molar-refractivity contribution in [3.8, 4) is 0 Å². The average Bonchev–Trinajstić information content (AvgIpc) is 2.81. The Labute approximate surface area is 123 Å². The van der Waals surface area contributed by atoms with Crippen molar-refractivity contribution in [2.75, 3.05) is 20.2 Å². The first kappa shape index (κ1) is 14.6. The lowest BCUT2D eigenvalue weighted by molar-refractivity contribution is 0.0595. The summed E-state index contributed by atoms with van der Waals surface area (Å²) >= 11 is 0. The summed E-state index contributed by atoms with van der Waals surface area (Å²) in [5, 5.41) is 3.20. The van der Waals surface area contributed by atoms with Crippen LogP contribution in [0.3, 0.4) is 0 Å². The average molecular weight is 314 g/mol. The Balaban J connectivity index is 1.93. The van der Waals surface area contributed by atoms with Crippen LogP contribution in [0.25, 0.3) is 0 Å². The standard InChI is InChI=1S/C13H18N2O5S/c1-6-10(13(16)19-3)12(7(2)20-6)21(17,18)15-11-8-4-14-5-9(8)11/h8-9,11,14-15H,4-5H2,1-3H3. The Kier molecular flexibility index (Phi) is 3.34. The van der Waals surface area contributed by atoms with Crippen LogP contribution in [0.2, 0.25) is 0 Å². The third-order valence-corrected chi connectivity index (χ3v) is 5.86. The number of methoxy groups -OCH3 is 1. The van der Waals surface area contributed by atoms with Crippen molar-refractivity contribution in [1.82, 2.24) is 10.0 Å². The minimum atomic E-state index is -3.81. The van der Waals surface area contributed by atoms with Gasteiger partial charge in [-0.25, -0.2) is 17.9 Å². The summed E-state index contributed by atoms with van der Waals surface area (Å²) in [6, 6.07) is -0.0589. The molecule has 1 aliphatic heterocycles. The molecule has 116 valence electrons. The van der Waals surface area contributed by atoms with Gasteiger partial charge in [0.15, 0.2) is 0 Å². The molecule has 1 saturated carbocycles. The number of carbonyl (C=O) groups excluding carboxylic acids is 1. The van der Waals surface area contributed by atoms with Crippen molar-refractivity contribution in [2.24, 2.45) is 11.8 Å². The highest BCUT2D eigenvalue weighted by Gasteiger charge is 2.55. The maximum atomic E-state index is 12.6. The van der Waals surface area contributed by atoms with Crippen LogP contribution in [0.15, 0.2) is 9.31 Å². The van der Waals surface area contributed by atoms with Crippen LogP contribution < -0.4 is 10.0 Å². The maximum absolute atomic E-state index is 12.6. The number of nitrogens with one attached hydrogen (secondary N) is 2. The zero-order chi connectivity index (χ0) is 15.4.